The van der Waals surface area contributed by atoms with Crippen molar-refractivity contribution < 1.29 is 8.85 Å². The summed E-state index contributed by atoms with van der Waals surface area (Å²) in [5.41, 5.74) is 0.727. The molecule has 14 heavy (non-hydrogen) atoms. The lowest BCUT2D eigenvalue weighted by atomic mass is 10.2. The van der Waals surface area contributed by atoms with E-state index in [1.165, 1.54) is 38.5 Å². The second-order valence-corrected chi connectivity index (χ2v) is 8.23. The lowest BCUT2D eigenvalue weighted by Gasteiger charge is -2.33. The van der Waals surface area contributed by atoms with Gasteiger partial charge in [-0.1, -0.05) is 32.6 Å². The van der Waals surface area contributed by atoms with Crippen LogP contribution in [0.3, 0.4) is 0 Å². The molecule has 3 heteroatoms. The molecule has 0 aromatic heterocycles. The quantitative estimate of drug-likeness (QED) is 0.529. The van der Waals surface area contributed by atoms with Crippen LogP contribution in [0.5, 0.6) is 0 Å². The van der Waals surface area contributed by atoms with Crippen molar-refractivity contribution in [1.82, 2.24) is 0 Å². The highest BCUT2D eigenvalue weighted by Gasteiger charge is 2.42. The first-order valence-electron chi connectivity index (χ1n) is 5.89. The predicted octanol–water partition coefficient (Wildman–Crippen LogP) is 3.47. The van der Waals surface area contributed by atoms with E-state index in [9.17, 15) is 0 Å². The minimum atomic E-state index is -1.85. The Morgan fingerprint density at radius 3 is 1.86 bits per heavy atom. The Balaban J connectivity index is 2.64. The summed E-state index contributed by atoms with van der Waals surface area (Å²) in [6, 6.07) is 1.09. The molecule has 0 atom stereocenters. The van der Waals surface area contributed by atoms with Crippen LogP contribution >= 0.6 is 0 Å². The molecule has 0 aromatic rings. The van der Waals surface area contributed by atoms with Gasteiger partial charge < -0.3 is 8.85 Å². The van der Waals surface area contributed by atoms with Crippen LogP contribution in [0.25, 0.3) is 0 Å². The molecule has 0 amide bonds. The van der Waals surface area contributed by atoms with Crippen LogP contribution in [-0.2, 0) is 8.85 Å². The molecule has 0 bridgehead atoms. The average molecular weight is 216 g/mol. The fraction of sp³-hybridized carbons (Fsp3) is 1.00. The van der Waals surface area contributed by atoms with Gasteiger partial charge in [0.15, 0.2) is 0 Å². The molecule has 0 aliphatic heterocycles. The first-order valence-corrected chi connectivity index (χ1v) is 7.99. The molecule has 1 rings (SSSR count). The molecule has 0 spiro atoms. The minimum Gasteiger partial charge on any atom is -0.397 e. The lowest BCUT2D eigenvalue weighted by Crippen LogP contribution is -2.44. The third-order valence-corrected chi connectivity index (χ3v) is 7.85. The normalized spacial score (nSPS) is 20.8. The summed E-state index contributed by atoms with van der Waals surface area (Å²) in [6.45, 7) is 2.21. The van der Waals surface area contributed by atoms with Gasteiger partial charge in [-0.3, -0.25) is 0 Å². The van der Waals surface area contributed by atoms with E-state index in [2.05, 4.69) is 6.92 Å². The SMILES string of the molecule is CC[Si](OC)(OC)C1CCCCCC1. The van der Waals surface area contributed by atoms with E-state index in [-0.39, 0.29) is 0 Å². The fourth-order valence-electron chi connectivity index (χ4n) is 2.71. The lowest BCUT2D eigenvalue weighted by molar-refractivity contribution is 0.225. The summed E-state index contributed by atoms with van der Waals surface area (Å²) in [5.74, 6) is 0. The molecular formula is C11H24O2Si. The van der Waals surface area contributed by atoms with Crippen LogP contribution in [0.15, 0.2) is 0 Å². The van der Waals surface area contributed by atoms with Gasteiger partial charge in [0.25, 0.3) is 0 Å². The second kappa shape index (κ2) is 5.88. The van der Waals surface area contributed by atoms with E-state index >= 15 is 0 Å². The standard InChI is InChI=1S/C11H24O2Si/c1-4-14(12-2,13-3)11-9-7-5-6-8-10-11/h11H,4-10H2,1-3H3. The van der Waals surface area contributed by atoms with Crippen molar-refractivity contribution in [2.45, 2.75) is 57.0 Å². The van der Waals surface area contributed by atoms with Gasteiger partial charge in [0.05, 0.1) is 0 Å². The molecular weight excluding hydrogens is 192 g/mol. The molecule has 0 N–H and O–H groups in total. The van der Waals surface area contributed by atoms with Crippen molar-refractivity contribution in [1.29, 1.82) is 0 Å². The highest BCUT2D eigenvalue weighted by atomic mass is 28.4. The largest absolute Gasteiger partial charge is 0.397 e. The van der Waals surface area contributed by atoms with E-state index in [1.807, 2.05) is 14.2 Å². The molecule has 0 unspecified atom stereocenters. The van der Waals surface area contributed by atoms with Gasteiger partial charge in [-0.25, -0.2) is 0 Å². The highest BCUT2D eigenvalue weighted by Crippen LogP contribution is 2.38. The zero-order valence-corrected chi connectivity index (χ0v) is 10.8. The van der Waals surface area contributed by atoms with Crippen LogP contribution in [0, 0.1) is 0 Å². The van der Waals surface area contributed by atoms with Gasteiger partial charge in [0.1, 0.15) is 0 Å². The molecule has 0 aromatic carbocycles. The molecule has 0 heterocycles. The van der Waals surface area contributed by atoms with E-state index in [4.69, 9.17) is 8.85 Å². The maximum absolute atomic E-state index is 5.75. The van der Waals surface area contributed by atoms with Crippen LogP contribution in [0.1, 0.15) is 45.4 Å². The molecule has 0 saturated heterocycles. The first kappa shape index (κ1) is 12.2. The summed E-state index contributed by atoms with van der Waals surface area (Å²) >= 11 is 0. The van der Waals surface area contributed by atoms with E-state index < -0.39 is 8.56 Å². The average Bonchev–Trinajstić information content (AvgIpc) is 2.51. The van der Waals surface area contributed by atoms with E-state index in [0.717, 1.165) is 11.6 Å². The van der Waals surface area contributed by atoms with Crippen LogP contribution in [0.4, 0.5) is 0 Å². The third-order valence-electron chi connectivity index (χ3n) is 3.66. The Bertz CT molecular complexity index is 141. The fourth-order valence-corrected chi connectivity index (χ4v) is 5.99. The summed E-state index contributed by atoms with van der Waals surface area (Å²) in [7, 11) is 1.83. The summed E-state index contributed by atoms with van der Waals surface area (Å²) in [5, 5.41) is 0. The van der Waals surface area contributed by atoms with E-state index in [1.54, 1.807) is 0 Å². The van der Waals surface area contributed by atoms with Gasteiger partial charge in [0, 0.05) is 19.8 Å². The summed E-state index contributed by atoms with van der Waals surface area (Å²) < 4.78 is 11.5. The summed E-state index contributed by atoms with van der Waals surface area (Å²) in [4.78, 5) is 0. The monoisotopic (exact) mass is 216 g/mol. The predicted molar refractivity (Wildman–Crippen MR) is 61.7 cm³/mol. The Labute approximate surface area is 89.2 Å². The van der Waals surface area contributed by atoms with Crippen molar-refractivity contribution in [3.8, 4) is 0 Å². The second-order valence-electron chi connectivity index (χ2n) is 4.26. The Morgan fingerprint density at radius 2 is 1.50 bits per heavy atom. The zero-order valence-electron chi connectivity index (χ0n) is 9.84. The highest BCUT2D eigenvalue weighted by molar-refractivity contribution is 6.68. The van der Waals surface area contributed by atoms with Gasteiger partial charge >= 0.3 is 8.56 Å². The molecule has 2 nitrogen and oxygen atoms in total. The Hall–Kier alpha value is 0.137. The number of hydrogen-bond donors (Lipinski definition) is 0. The van der Waals surface area contributed by atoms with Crippen molar-refractivity contribution in [3.63, 3.8) is 0 Å². The van der Waals surface area contributed by atoms with Gasteiger partial charge in [0.2, 0.25) is 0 Å². The van der Waals surface area contributed by atoms with Crippen LogP contribution < -0.4 is 0 Å². The molecule has 1 fully saturated rings. The van der Waals surface area contributed by atoms with Crippen molar-refractivity contribution in [2.75, 3.05) is 14.2 Å². The van der Waals surface area contributed by atoms with Gasteiger partial charge in [-0.15, -0.1) is 0 Å². The molecule has 1 aliphatic carbocycles. The Morgan fingerprint density at radius 1 is 1.00 bits per heavy atom. The maximum atomic E-state index is 5.75. The topological polar surface area (TPSA) is 18.5 Å². The van der Waals surface area contributed by atoms with Crippen molar-refractivity contribution in [2.24, 2.45) is 0 Å². The van der Waals surface area contributed by atoms with Crippen molar-refractivity contribution >= 4 is 8.56 Å². The minimum absolute atomic E-state index is 0.727. The maximum Gasteiger partial charge on any atom is 0.340 e. The Kier molecular flexibility index (Phi) is 5.13. The van der Waals surface area contributed by atoms with Crippen molar-refractivity contribution in [3.05, 3.63) is 0 Å². The van der Waals surface area contributed by atoms with Gasteiger partial charge in [-0.2, -0.15) is 0 Å². The van der Waals surface area contributed by atoms with Gasteiger partial charge in [-0.05, 0) is 18.9 Å². The molecule has 0 radical (unpaired) electrons. The number of rotatable bonds is 4. The molecule has 1 saturated carbocycles. The molecule has 84 valence electrons. The first-order chi connectivity index (χ1) is 6.79. The van der Waals surface area contributed by atoms with Crippen LogP contribution in [-0.4, -0.2) is 22.8 Å². The number of hydrogen-bond acceptors (Lipinski definition) is 2. The van der Waals surface area contributed by atoms with Crippen LogP contribution in [0.2, 0.25) is 11.6 Å². The summed E-state index contributed by atoms with van der Waals surface area (Å²) in [6.07, 6.45) is 8.18. The van der Waals surface area contributed by atoms with E-state index in [0.29, 0.717) is 0 Å². The molecule has 1 aliphatic rings. The zero-order chi connectivity index (χ0) is 10.4. The third kappa shape index (κ3) is 2.58. The smallest absolute Gasteiger partial charge is 0.340 e.